The number of methoxy groups -OCH3 is 3. The quantitative estimate of drug-likeness (QED) is 0.0887. The fourth-order valence-electron chi connectivity index (χ4n) is 7.76. The molecule has 2 heterocycles. The summed E-state index contributed by atoms with van der Waals surface area (Å²) in [6.45, 7) is 3.55. The summed E-state index contributed by atoms with van der Waals surface area (Å²) in [7, 11) is 4.87. The Labute approximate surface area is 364 Å². The summed E-state index contributed by atoms with van der Waals surface area (Å²) < 4.78 is 45.7. The molecule has 1 aliphatic heterocycles. The largest absolute Gasteiger partial charge is 0.493 e. The van der Waals surface area contributed by atoms with Gasteiger partial charge < -0.3 is 37.7 Å². The van der Waals surface area contributed by atoms with E-state index in [4.69, 9.17) is 33.2 Å². The molecule has 7 aromatic rings. The van der Waals surface area contributed by atoms with Crippen LogP contribution in [0.5, 0.6) is 34.5 Å². The number of halogens is 1. The van der Waals surface area contributed by atoms with Gasteiger partial charge in [-0.2, -0.15) is 0 Å². The number of fused-ring (bicyclic) bond motifs is 3. The van der Waals surface area contributed by atoms with Crippen molar-refractivity contribution in [3.8, 4) is 68.0 Å². The number of carbonyl (C=O) groups excluding carboxylic acids is 1. The number of aromatic nitrogens is 1. The molecule has 0 N–H and O–H groups in total. The molecule has 0 saturated heterocycles. The van der Waals surface area contributed by atoms with Crippen LogP contribution in [0.3, 0.4) is 0 Å². The number of aryl methyl sites for hydroxylation is 1. The van der Waals surface area contributed by atoms with Crippen LogP contribution in [0.25, 0.3) is 33.5 Å². The summed E-state index contributed by atoms with van der Waals surface area (Å²) >= 11 is 3.91. The predicted octanol–water partition coefficient (Wildman–Crippen LogP) is 11.7. The highest BCUT2D eigenvalue weighted by atomic mass is 79.9. The van der Waals surface area contributed by atoms with Crippen LogP contribution >= 0.6 is 15.9 Å². The maximum absolute atomic E-state index is 14.5. The Kier molecular flexibility index (Phi) is 12.6. The van der Waals surface area contributed by atoms with Crippen molar-refractivity contribution in [3.05, 3.63) is 166 Å². The molecule has 6 aromatic carbocycles. The highest BCUT2D eigenvalue weighted by molar-refractivity contribution is 9.10. The molecule has 61 heavy (non-hydrogen) atoms. The zero-order valence-electron chi connectivity index (χ0n) is 34.5. The molecule has 1 aromatic heterocycles. The predicted molar refractivity (Wildman–Crippen MR) is 240 cm³/mol. The molecule has 0 saturated carbocycles. The van der Waals surface area contributed by atoms with Gasteiger partial charge in [0, 0.05) is 33.3 Å². The maximum Gasteiger partial charge on any atom is 0.355 e. The zero-order valence-corrected chi connectivity index (χ0v) is 36.1. The van der Waals surface area contributed by atoms with E-state index >= 15 is 0 Å². The summed E-state index contributed by atoms with van der Waals surface area (Å²) in [4.78, 5) is 14.5. The minimum Gasteiger partial charge on any atom is -0.493 e. The smallest absolute Gasteiger partial charge is 0.355 e. The van der Waals surface area contributed by atoms with E-state index in [1.54, 1.807) is 21.3 Å². The van der Waals surface area contributed by atoms with Gasteiger partial charge >= 0.3 is 5.97 Å². The number of rotatable bonds is 16. The molecule has 8 rings (SSSR count). The average Bonchev–Trinajstić information content (AvgIpc) is 3.65. The zero-order chi connectivity index (χ0) is 42.3. The number of hydrogen-bond donors (Lipinski definition) is 0. The molecule has 0 fully saturated rings. The van der Waals surface area contributed by atoms with Crippen molar-refractivity contribution >= 4 is 21.9 Å². The van der Waals surface area contributed by atoms with Crippen molar-refractivity contribution in [2.75, 3.05) is 27.9 Å². The molecule has 10 heteroatoms. The third kappa shape index (κ3) is 8.67. The molecule has 0 radical (unpaired) electrons. The molecule has 0 unspecified atom stereocenters. The van der Waals surface area contributed by atoms with Gasteiger partial charge in [0.05, 0.1) is 33.6 Å². The summed E-state index contributed by atoms with van der Waals surface area (Å²) in [6.07, 6.45) is 0.624. The summed E-state index contributed by atoms with van der Waals surface area (Å²) in [5.74, 6) is 2.92. The molecule has 1 aliphatic rings. The average molecular weight is 881 g/mol. The lowest BCUT2D eigenvalue weighted by Gasteiger charge is -2.24. The second-order valence-electron chi connectivity index (χ2n) is 14.4. The van der Waals surface area contributed by atoms with Crippen LogP contribution in [-0.4, -0.2) is 38.5 Å². The molecule has 0 spiro atoms. The molecule has 0 aliphatic carbocycles. The van der Waals surface area contributed by atoms with Gasteiger partial charge in [-0.05, 0) is 77.6 Å². The molecule has 0 bridgehead atoms. The Balaban J connectivity index is 1.34. The van der Waals surface area contributed by atoms with E-state index in [1.165, 1.54) is 0 Å². The Morgan fingerprint density at radius 3 is 1.61 bits per heavy atom. The first-order valence-electron chi connectivity index (χ1n) is 20.1. The van der Waals surface area contributed by atoms with Crippen molar-refractivity contribution < 1.29 is 38.0 Å². The fraction of sp³-hybridized carbons (Fsp3) is 0.196. The number of benzene rings is 6. The SMILES string of the molecule is CCOC(=O)c1c(-c2cc(OC)c(OCc3ccccc3)cc2Br)c(-c2ccc(OC)c(OCc3ccccc3)c2)c2n1CCc1cc(OCc3ccccc3)c(OC)cc1-2. The van der Waals surface area contributed by atoms with Gasteiger partial charge in [0.15, 0.2) is 34.5 Å². The van der Waals surface area contributed by atoms with Crippen LogP contribution in [0, 0.1) is 0 Å². The molecule has 9 nitrogen and oxygen atoms in total. The van der Waals surface area contributed by atoms with Crippen molar-refractivity contribution in [3.63, 3.8) is 0 Å². The van der Waals surface area contributed by atoms with Crippen molar-refractivity contribution in [2.45, 2.75) is 39.7 Å². The van der Waals surface area contributed by atoms with Gasteiger partial charge in [0.2, 0.25) is 0 Å². The lowest BCUT2D eigenvalue weighted by molar-refractivity contribution is 0.0514. The Morgan fingerprint density at radius 2 is 1.08 bits per heavy atom. The lowest BCUT2D eigenvalue weighted by atomic mass is 9.89. The number of hydrogen-bond acceptors (Lipinski definition) is 8. The summed E-state index contributed by atoms with van der Waals surface area (Å²) in [6, 6.07) is 43.7. The highest BCUT2D eigenvalue weighted by Gasteiger charge is 2.35. The number of ether oxygens (including phenoxy) is 7. The van der Waals surface area contributed by atoms with E-state index in [2.05, 4.69) is 26.6 Å². The molecular weight excluding hydrogens is 834 g/mol. The second-order valence-corrected chi connectivity index (χ2v) is 15.3. The van der Waals surface area contributed by atoms with Gasteiger partial charge in [-0.3, -0.25) is 0 Å². The molecule has 310 valence electrons. The lowest BCUT2D eigenvalue weighted by Crippen LogP contribution is -2.18. The first kappa shape index (κ1) is 41.1. The van der Waals surface area contributed by atoms with Gasteiger partial charge in [-0.1, -0.05) is 113 Å². The van der Waals surface area contributed by atoms with Crippen molar-refractivity contribution in [1.82, 2.24) is 4.57 Å². The Hall–Kier alpha value is -6.65. The second kappa shape index (κ2) is 18.7. The third-order valence-electron chi connectivity index (χ3n) is 10.7. The first-order chi connectivity index (χ1) is 29.9. The summed E-state index contributed by atoms with van der Waals surface area (Å²) in [5.41, 5.74) is 9.20. The van der Waals surface area contributed by atoms with E-state index in [9.17, 15) is 4.79 Å². The third-order valence-corrected chi connectivity index (χ3v) is 11.3. The van der Waals surface area contributed by atoms with Gasteiger partial charge in [-0.25, -0.2) is 4.79 Å². The van der Waals surface area contributed by atoms with E-state index in [1.807, 2.05) is 134 Å². The number of nitrogens with zero attached hydrogens (tertiary/aromatic N) is 1. The van der Waals surface area contributed by atoms with Crippen LogP contribution < -0.4 is 28.4 Å². The maximum atomic E-state index is 14.5. The van der Waals surface area contributed by atoms with Crippen LogP contribution in [0.4, 0.5) is 0 Å². The monoisotopic (exact) mass is 879 g/mol. The number of esters is 1. The normalized spacial score (nSPS) is 11.6. The van der Waals surface area contributed by atoms with Crippen LogP contribution in [0.2, 0.25) is 0 Å². The van der Waals surface area contributed by atoms with E-state index in [-0.39, 0.29) is 6.61 Å². The summed E-state index contributed by atoms with van der Waals surface area (Å²) in [5, 5.41) is 0. The van der Waals surface area contributed by atoms with E-state index in [0.29, 0.717) is 88.6 Å². The first-order valence-corrected chi connectivity index (χ1v) is 20.9. The van der Waals surface area contributed by atoms with Gasteiger partial charge in [0.25, 0.3) is 0 Å². The topological polar surface area (TPSA) is 86.6 Å². The Bertz CT molecular complexity index is 2640. The van der Waals surface area contributed by atoms with Gasteiger partial charge in [0.1, 0.15) is 25.5 Å². The fourth-order valence-corrected chi connectivity index (χ4v) is 8.28. The minimum absolute atomic E-state index is 0.192. The van der Waals surface area contributed by atoms with E-state index in [0.717, 1.165) is 44.6 Å². The minimum atomic E-state index is -0.451. The molecule has 0 amide bonds. The number of carbonyl (C=O) groups is 1. The van der Waals surface area contributed by atoms with Crippen LogP contribution in [-0.2, 0) is 37.5 Å². The highest BCUT2D eigenvalue weighted by Crippen LogP contribution is 2.53. The van der Waals surface area contributed by atoms with Crippen molar-refractivity contribution in [1.29, 1.82) is 0 Å². The molecule has 0 atom stereocenters. The van der Waals surface area contributed by atoms with E-state index < -0.39 is 5.97 Å². The standard InChI is InChI=1S/C51H46BrNO8/c1-5-58-51(54)50-48(39-28-43(57-4)46(29-40(39)52)61-32-35-19-13-8-14-20-35)47(37-21-22-41(55-2)44(26-37)59-30-33-15-9-6-10-16-33)49-38-27-42(56-3)45(25-36(38)23-24-53(49)50)60-31-34-17-11-7-12-18-34/h6-22,25-29H,5,23-24,30-32H2,1-4H3. The van der Waals surface area contributed by atoms with Crippen molar-refractivity contribution in [2.24, 2.45) is 0 Å². The van der Waals surface area contributed by atoms with Gasteiger partial charge in [-0.15, -0.1) is 0 Å². The Morgan fingerprint density at radius 1 is 0.574 bits per heavy atom. The van der Waals surface area contributed by atoms with Crippen LogP contribution in [0.1, 0.15) is 39.7 Å². The molecular formula is C51H46BrNO8. The van der Waals surface area contributed by atoms with Crippen LogP contribution in [0.15, 0.2) is 138 Å².